The minimum atomic E-state index is -4.61. The summed E-state index contributed by atoms with van der Waals surface area (Å²) in [5.41, 5.74) is -1.48. The topological polar surface area (TPSA) is 49.0 Å². The van der Waals surface area contributed by atoms with Gasteiger partial charge in [-0.15, -0.1) is 0 Å². The third-order valence-corrected chi connectivity index (χ3v) is 4.72. The molecule has 5 nitrogen and oxygen atoms in total. The molecule has 0 aliphatic heterocycles. The molecule has 8 heteroatoms. The maximum atomic E-state index is 13.9. The molecule has 28 heavy (non-hydrogen) atoms. The van der Waals surface area contributed by atoms with Crippen LogP contribution in [-0.2, 0) is 19.1 Å². The molecular weight excluding hydrogens is 371 g/mol. The second-order valence-corrected chi connectivity index (χ2v) is 6.77. The van der Waals surface area contributed by atoms with Crippen LogP contribution in [0.1, 0.15) is 35.2 Å². The summed E-state index contributed by atoms with van der Waals surface area (Å²) in [6.45, 7) is 1.18. The number of ketones is 1. The SMILES string of the molecule is Cn1cccc1[C@@](C)(CC(=O)c1nccn1OCc1ccccc1)C(F)(F)F. The van der Waals surface area contributed by atoms with Crippen LogP contribution >= 0.6 is 0 Å². The zero-order valence-electron chi connectivity index (χ0n) is 15.5. The average molecular weight is 391 g/mol. The van der Waals surface area contributed by atoms with E-state index in [0.717, 1.165) is 17.2 Å². The molecule has 1 aromatic carbocycles. The summed E-state index contributed by atoms with van der Waals surface area (Å²) in [6, 6.07) is 12.1. The van der Waals surface area contributed by atoms with Gasteiger partial charge < -0.3 is 9.40 Å². The van der Waals surface area contributed by atoms with Crippen LogP contribution in [0.2, 0.25) is 0 Å². The van der Waals surface area contributed by atoms with E-state index in [0.29, 0.717) is 0 Å². The zero-order valence-corrected chi connectivity index (χ0v) is 15.5. The second kappa shape index (κ2) is 7.53. The number of benzene rings is 1. The lowest BCUT2D eigenvalue weighted by atomic mass is 9.80. The van der Waals surface area contributed by atoms with Crippen LogP contribution in [0.15, 0.2) is 61.1 Å². The fourth-order valence-corrected chi connectivity index (χ4v) is 3.08. The Hall–Kier alpha value is -3.03. The number of carbonyl (C=O) groups excluding carboxylic acids is 1. The predicted octanol–water partition coefficient (Wildman–Crippen LogP) is 3.94. The molecule has 0 aliphatic carbocycles. The van der Waals surface area contributed by atoms with Gasteiger partial charge in [-0.2, -0.15) is 17.9 Å². The third kappa shape index (κ3) is 3.81. The van der Waals surface area contributed by atoms with Gasteiger partial charge in [0.1, 0.15) is 12.0 Å². The first-order valence-electron chi connectivity index (χ1n) is 8.64. The van der Waals surface area contributed by atoms with Crippen LogP contribution in [0, 0.1) is 0 Å². The van der Waals surface area contributed by atoms with Crippen LogP contribution in [0.3, 0.4) is 0 Å². The molecule has 0 fully saturated rings. The molecule has 2 aromatic heterocycles. The molecule has 0 amide bonds. The van der Waals surface area contributed by atoms with Gasteiger partial charge in [0.2, 0.25) is 11.6 Å². The van der Waals surface area contributed by atoms with E-state index in [1.807, 2.05) is 30.3 Å². The van der Waals surface area contributed by atoms with Crippen LogP contribution in [-0.4, -0.2) is 26.2 Å². The lowest BCUT2D eigenvalue weighted by molar-refractivity contribution is -0.186. The van der Waals surface area contributed by atoms with Crippen molar-refractivity contribution in [3.8, 4) is 0 Å². The monoisotopic (exact) mass is 391 g/mol. The Bertz CT molecular complexity index is 947. The molecule has 0 saturated carbocycles. The molecule has 0 aliphatic rings. The van der Waals surface area contributed by atoms with E-state index < -0.39 is 23.8 Å². The lowest BCUT2D eigenvalue weighted by Gasteiger charge is -2.32. The Morgan fingerprint density at radius 3 is 2.43 bits per heavy atom. The number of Topliss-reactive ketones (excluding diaryl/α,β-unsaturated/α-hetero) is 1. The molecule has 3 rings (SSSR count). The van der Waals surface area contributed by atoms with Crippen LogP contribution in [0.5, 0.6) is 0 Å². The summed E-state index contributed by atoms with van der Waals surface area (Å²) in [7, 11) is 1.52. The highest BCUT2D eigenvalue weighted by Gasteiger charge is 2.54. The summed E-state index contributed by atoms with van der Waals surface area (Å²) in [6.07, 6.45) is -1.14. The molecule has 148 valence electrons. The quantitative estimate of drug-likeness (QED) is 0.573. The standard InChI is InChI=1S/C20H20F3N3O2/c1-19(20(21,22)23,17-9-6-11-25(17)2)13-16(27)18-24-10-12-26(18)28-14-15-7-4-3-5-8-15/h3-12H,13-14H2,1-2H3/t19-/m1/s1. The van der Waals surface area contributed by atoms with Crippen molar-refractivity contribution < 1.29 is 22.8 Å². The highest BCUT2D eigenvalue weighted by Crippen LogP contribution is 2.44. The van der Waals surface area contributed by atoms with Gasteiger partial charge in [-0.05, 0) is 24.6 Å². The van der Waals surface area contributed by atoms with E-state index in [-0.39, 0.29) is 18.1 Å². The first-order chi connectivity index (χ1) is 13.2. The Labute approximate surface area is 160 Å². The lowest BCUT2D eigenvalue weighted by Crippen LogP contribution is -2.43. The van der Waals surface area contributed by atoms with Crippen molar-refractivity contribution in [3.63, 3.8) is 0 Å². The van der Waals surface area contributed by atoms with Crippen LogP contribution in [0.25, 0.3) is 0 Å². The van der Waals surface area contributed by atoms with Crippen molar-refractivity contribution in [1.82, 2.24) is 14.3 Å². The third-order valence-electron chi connectivity index (χ3n) is 4.72. The minimum absolute atomic E-state index is 0.0108. The molecule has 0 bridgehead atoms. The van der Waals surface area contributed by atoms with E-state index in [9.17, 15) is 18.0 Å². The van der Waals surface area contributed by atoms with E-state index in [1.54, 1.807) is 0 Å². The molecule has 2 heterocycles. The van der Waals surface area contributed by atoms with Gasteiger partial charge in [0.15, 0.2) is 0 Å². The van der Waals surface area contributed by atoms with Gasteiger partial charge in [-0.1, -0.05) is 30.3 Å². The highest BCUT2D eigenvalue weighted by molar-refractivity contribution is 5.93. The maximum Gasteiger partial charge on any atom is 0.400 e. The Morgan fingerprint density at radius 1 is 1.11 bits per heavy atom. The number of aryl methyl sites for hydroxylation is 1. The van der Waals surface area contributed by atoms with Crippen molar-refractivity contribution in [3.05, 3.63) is 78.1 Å². The molecule has 0 N–H and O–H groups in total. The normalized spacial score (nSPS) is 13.9. The van der Waals surface area contributed by atoms with Gasteiger partial charge in [0, 0.05) is 31.6 Å². The average Bonchev–Trinajstić information content (AvgIpc) is 3.28. The largest absolute Gasteiger partial charge is 0.407 e. The molecule has 1 atom stereocenters. The smallest absolute Gasteiger partial charge is 0.400 e. The van der Waals surface area contributed by atoms with Crippen molar-refractivity contribution in [1.29, 1.82) is 0 Å². The van der Waals surface area contributed by atoms with Gasteiger partial charge >= 0.3 is 6.18 Å². The second-order valence-electron chi connectivity index (χ2n) is 6.77. The number of nitrogens with zero attached hydrogens (tertiary/aromatic N) is 3. The number of carbonyl (C=O) groups is 1. The number of hydrogen-bond donors (Lipinski definition) is 0. The van der Waals surface area contributed by atoms with Gasteiger partial charge in [0.05, 0.1) is 6.20 Å². The number of alkyl halides is 3. The Balaban J connectivity index is 1.82. The molecular formula is C20H20F3N3O2. The molecule has 0 spiro atoms. The van der Waals surface area contributed by atoms with Gasteiger partial charge in [-0.25, -0.2) is 4.98 Å². The fraction of sp³-hybridized carbons (Fsp3) is 0.300. The number of hydrogen-bond acceptors (Lipinski definition) is 3. The number of rotatable bonds is 7. The fourth-order valence-electron chi connectivity index (χ4n) is 3.08. The number of imidazole rings is 1. The summed E-state index contributed by atoms with van der Waals surface area (Å²) >= 11 is 0. The highest BCUT2D eigenvalue weighted by atomic mass is 19.4. The Morgan fingerprint density at radius 2 is 1.82 bits per heavy atom. The van der Waals surface area contributed by atoms with Crippen LogP contribution in [0.4, 0.5) is 13.2 Å². The molecule has 0 unspecified atom stereocenters. The first kappa shape index (κ1) is 19.7. The molecule has 0 radical (unpaired) electrons. The van der Waals surface area contributed by atoms with E-state index in [2.05, 4.69) is 4.98 Å². The van der Waals surface area contributed by atoms with Crippen molar-refractivity contribution in [2.75, 3.05) is 0 Å². The van der Waals surface area contributed by atoms with Crippen molar-refractivity contribution >= 4 is 5.78 Å². The molecule has 3 aromatic rings. The zero-order chi connectivity index (χ0) is 20.4. The summed E-state index contributed by atoms with van der Waals surface area (Å²) in [5.74, 6) is -0.917. The van der Waals surface area contributed by atoms with Crippen molar-refractivity contribution in [2.45, 2.75) is 31.5 Å². The first-order valence-corrected chi connectivity index (χ1v) is 8.64. The van der Waals surface area contributed by atoms with E-state index in [4.69, 9.17) is 4.84 Å². The maximum absolute atomic E-state index is 13.9. The van der Waals surface area contributed by atoms with E-state index >= 15 is 0 Å². The van der Waals surface area contributed by atoms with Gasteiger partial charge in [0.25, 0.3) is 0 Å². The van der Waals surface area contributed by atoms with Crippen LogP contribution < -0.4 is 4.84 Å². The Kier molecular flexibility index (Phi) is 5.31. The van der Waals surface area contributed by atoms with Crippen molar-refractivity contribution in [2.24, 2.45) is 7.05 Å². The van der Waals surface area contributed by atoms with E-state index in [1.165, 1.54) is 42.3 Å². The predicted molar refractivity (Wildman–Crippen MR) is 96.7 cm³/mol. The summed E-state index contributed by atoms with van der Waals surface area (Å²) < 4.78 is 44.2. The number of halogens is 3. The summed E-state index contributed by atoms with van der Waals surface area (Å²) in [5, 5.41) is 0. The summed E-state index contributed by atoms with van der Waals surface area (Å²) in [4.78, 5) is 22.2. The minimum Gasteiger partial charge on any atom is -0.407 e. The molecule has 0 saturated heterocycles. The van der Waals surface area contributed by atoms with Gasteiger partial charge in [-0.3, -0.25) is 4.79 Å². The number of aromatic nitrogens is 3.